The van der Waals surface area contributed by atoms with Crippen LogP contribution in [0.25, 0.3) is 0 Å². The molecule has 0 unspecified atom stereocenters. The molecule has 0 bridgehead atoms. The lowest BCUT2D eigenvalue weighted by molar-refractivity contribution is 0.0955. The predicted octanol–water partition coefficient (Wildman–Crippen LogP) is 4.41. The molecular weight excluding hydrogens is 392 g/mol. The molecule has 7 heteroatoms. The SMILES string of the molecule is O=C(N/N=C\c1ccc2c(c1)OCO2)c1ccc(COc2ccc(Cl)cc2)cc1. The number of hydrogen-bond donors (Lipinski definition) is 1. The predicted molar refractivity (Wildman–Crippen MR) is 110 cm³/mol. The highest BCUT2D eigenvalue weighted by Crippen LogP contribution is 2.31. The van der Waals surface area contributed by atoms with Crippen molar-refractivity contribution in [1.82, 2.24) is 5.43 Å². The zero-order valence-electron chi connectivity index (χ0n) is 15.3. The molecule has 1 aliphatic rings. The van der Waals surface area contributed by atoms with Crippen molar-refractivity contribution in [3.8, 4) is 17.2 Å². The fraction of sp³-hybridized carbons (Fsp3) is 0.0909. The summed E-state index contributed by atoms with van der Waals surface area (Å²) in [4.78, 5) is 12.2. The van der Waals surface area contributed by atoms with Gasteiger partial charge in [-0.3, -0.25) is 4.79 Å². The molecule has 0 spiro atoms. The van der Waals surface area contributed by atoms with Crippen LogP contribution in [0.4, 0.5) is 0 Å². The lowest BCUT2D eigenvalue weighted by Crippen LogP contribution is -2.17. The van der Waals surface area contributed by atoms with Crippen LogP contribution in [0.15, 0.2) is 71.8 Å². The summed E-state index contributed by atoms with van der Waals surface area (Å²) in [6, 6.07) is 19.7. The maximum atomic E-state index is 12.2. The Hall–Kier alpha value is -3.51. The van der Waals surface area contributed by atoms with E-state index in [0.717, 1.165) is 16.9 Å². The van der Waals surface area contributed by atoms with Crippen LogP contribution in [-0.4, -0.2) is 18.9 Å². The number of hydrogen-bond acceptors (Lipinski definition) is 5. The van der Waals surface area contributed by atoms with Crippen LogP contribution in [0.5, 0.6) is 17.2 Å². The third-order valence-electron chi connectivity index (χ3n) is 4.21. The number of amides is 1. The lowest BCUT2D eigenvalue weighted by Gasteiger charge is -2.07. The fourth-order valence-electron chi connectivity index (χ4n) is 2.67. The minimum atomic E-state index is -0.299. The molecule has 0 radical (unpaired) electrons. The van der Waals surface area contributed by atoms with Crippen molar-refractivity contribution in [1.29, 1.82) is 0 Å². The molecule has 0 aromatic heterocycles. The van der Waals surface area contributed by atoms with Gasteiger partial charge >= 0.3 is 0 Å². The van der Waals surface area contributed by atoms with Gasteiger partial charge in [0.1, 0.15) is 12.4 Å². The van der Waals surface area contributed by atoms with E-state index in [9.17, 15) is 4.79 Å². The average molecular weight is 409 g/mol. The largest absolute Gasteiger partial charge is 0.489 e. The first kappa shape index (κ1) is 18.8. The van der Waals surface area contributed by atoms with Crippen LogP contribution in [0.3, 0.4) is 0 Å². The van der Waals surface area contributed by atoms with E-state index in [1.165, 1.54) is 0 Å². The molecule has 6 nitrogen and oxygen atoms in total. The average Bonchev–Trinajstić information content (AvgIpc) is 3.21. The highest BCUT2D eigenvalue weighted by Gasteiger charge is 2.12. The van der Waals surface area contributed by atoms with E-state index in [1.54, 1.807) is 42.6 Å². The van der Waals surface area contributed by atoms with Gasteiger partial charge in [-0.2, -0.15) is 5.10 Å². The first-order valence-corrected chi connectivity index (χ1v) is 9.25. The third-order valence-corrected chi connectivity index (χ3v) is 4.46. The Balaban J connectivity index is 1.30. The first-order valence-electron chi connectivity index (χ1n) is 8.88. The van der Waals surface area contributed by atoms with E-state index >= 15 is 0 Å². The molecule has 146 valence electrons. The van der Waals surface area contributed by atoms with Crippen LogP contribution in [0.1, 0.15) is 21.5 Å². The minimum Gasteiger partial charge on any atom is -0.489 e. The molecule has 0 fully saturated rings. The Morgan fingerprint density at radius 3 is 2.59 bits per heavy atom. The van der Waals surface area contributed by atoms with Crippen LogP contribution in [0.2, 0.25) is 5.02 Å². The van der Waals surface area contributed by atoms with Crippen molar-refractivity contribution in [2.45, 2.75) is 6.61 Å². The Morgan fingerprint density at radius 2 is 1.79 bits per heavy atom. The number of rotatable bonds is 6. The molecule has 1 N–H and O–H groups in total. The number of halogens is 1. The van der Waals surface area contributed by atoms with Gasteiger partial charge in [0.2, 0.25) is 6.79 Å². The summed E-state index contributed by atoms with van der Waals surface area (Å²) in [5, 5.41) is 4.65. The van der Waals surface area contributed by atoms with Crippen LogP contribution in [-0.2, 0) is 6.61 Å². The highest BCUT2D eigenvalue weighted by molar-refractivity contribution is 6.30. The summed E-state index contributed by atoms with van der Waals surface area (Å²) in [6.45, 7) is 0.610. The molecule has 0 aliphatic carbocycles. The van der Waals surface area contributed by atoms with Gasteiger partial charge in [-0.05, 0) is 65.7 Å². The van der Waals surface area contributed by atoms with Gasteiger partial charge in [-0.15, -0.1) is 0 Å². The second-order valence-electron chi connectivity index (χ2n) is 6.25. The van der Waals surface area contributed by atoms with Crippen LogP contribution >= 0.6 is 11.6 Å². The number of benzene rings is 3. The molecule has 1 amide bonds. The molecule has 3 aromatic rings. The van der Waals surface area contributed by atoms with Gasteiger partial charge < -0.3 is 14.2 Å². The van der Waals surface area contributed by atoms with Gasteiger partial charge in [-0.25, -0.2) is 5.43 Å². The first-order chi connectivity index (χ1) is 14.2. The second-order valence-corrected chi connectivity index (χ2v) is 6.69. The maximum Gasteiger partial charge on any atom is 0.271 e. The summed E-state index contributed by atoms with van der Waals surface area (Å²) in [5.41, 5.74) is 4.76. The lowest BCUT2D eigenvalue weighted by atomic mass is 10.1. The molecule has 0 saturated carbocycles. The number of nitrogens with one attached hydrogen (secondary N) is 1. The molecule has 4 rings (SSSR count). The van der Waals surface area contributed by atoms with Crippen LogP contribution in [0, 0.1) is 0 Å². The zero-order valence-corrected chi connectivity index (χ0v) is 16.1. The highest BCUT2D eigenvalue weighted by atomic mass is 35.5. The van der Waals surface area contributed by atoms with Crippen LogP contribution < -0.4 is 19.6 Å². The van der Waals surface area contributed by atoms with Crippen molar-refractivity contribution in [3.05, 3.63) is 88.4 Å². The summed E-state index contributed by atoms with van der Waals surface area (Å²) < 4.78 is 16.3. The van der Waals surface area contributed by atoms with E-state index in [0.29, 0.717) is 28.7 Å². The van der Waals surface area contributed by atoms with E-state index in [1.807, 2.05) is 30.3 Å². The number of carbonyl (C=O) groups excluding carboxylic acids is 1. The van der Waals surface area contributed by atoms with Gasteiger partial charge in [0.05, 0.1) is 6.21 Å². The summed E-state index contributed by atoms with van der Waals surface area (Å²) in [7, 11) is 0. The standard InChI is InChI=1S/C22H17ClN2O4/c23-18-6-8-19(9-7-18)27-13-15-1-4-17(5-2-15)22(26)25-24-12-16-3-10-20-21(11-16)29-14-28-20/h1-12H,13-14H2,(H,25,26)/b24-12-. The van der Waals surface area contributed by atoms with Crippen molar-refractivity contribution in [3.63, 3.8) is 0 Å². The Labute approximate surface area is 172 Å². The Bertz CT molecular complexity index is 1030. The molecule has 3 aromatic carbocycles. The monoisotopic (exact) mass is 408 g/mol. The van der Waals surface area contributed by atoms with Crippen molar-refractivity contribution in [2.24, 2.45) is 5.10 Å². The fourth-order valence-corrected chi connectivity index (χ4v) is 2.80. The van der Waals surface area contributed by atoms with Gasteiger partial charge in [0, 0.05) is 10.6 Å². The van der Waals surface area contributed by atoms with E-state index in [4.69, 9.17) is 25.8 Å². The number of carbonyl (C=O) groups is 1. The molecule has 29 heavy (non-hydrogen) atoms. The molecule has 0 saturated heterocycles. The van der Waals surface area contributed by atoms with Gasteiger partial charge in [0.15, 0.2) is 11.5 Å². The van der Waals surface area contributed by atoms with E-state index in [-0.39, 0.29) is 12.7 Å². The van der Waals surface area contributed by atoms with E-state index in [2.05, 4.69) is 10.5 Å². The van der Waals surface area contributed by atoms with E-state index < -0.39 is 0 Å². The number of hydrazone groups is 1. The number of fused-ring (bicyclic) bond motifs is 1. The Morgan fingerprint density at radius 1 is 1.03 bits per heavy atom. The third kappa shape index (κ3) is 4.86. The van der Waals surface area contributed by atoms with Crippen molar-refractivity contribution in [2.75, 3.05) is 6.79 Å². The molecule has 1 heterocycles. The molecule has 0 atom stereocenters. The summed E-state index contributed by atoms with van der Waals surface area (Å²) >= 11 is 5.86. The zero-order chi connectivity index (χ0) is 20.1. The second kappa shape index (κ2) is 8.67. The molecular formula is C22H17ClN2O4. The summed E-state index contributed by atoms with van der Waals surface area (Å²) in [6.07, 6.45) is 1.55. The van der Waals surface area contributed by atoms with Crippen molar-refractivity contribution >= 4 is 23.7 Å². The normalized spacial score (nSPS) is 12.2. The minimum absolute atomic E-state index is 0.216. The Kier molecular flexibility index (Phi) is 5.63. The maximum absolute atomic E-state index is 12.2. The topological polar surface area (TPSA) is 69.2 Å². The molecule has 1 aliphatic heterocycles. The quantitative estimate of drug-likeness (QED) is 0.484. The number of nitrogens with zero attached hydrogens (tertiary/aromatic N) is 1. The van der Waals surface area contributed by atoms with Crippen molar-refractivity contribution < 1.29 is 19.0 Å². The summed E-state index contributed by atoms with van der Waals surface area (Å²) in [5.74, 6) is 1.80. The van der Waals surface area contributed by atoms with Gasteiger partial charge in [-0.1, -0.05) is 23.7 Å². The van der Waals surface area contributed by atoms with Gasteiger partial charge in [0.25, 0.3) is 5.91 Å². The number of ether oxygens (including phenoxy) is 3. The smallest absolute Gasteiger partial charge is 0.271 e.